The van der Waals surface area contributed by atoms with Crippen LogP contribution in [0, 0.1) is 0 Å². The average Bonchev–Trinajstić information content (AvgIpc) is 3.15. The van der Waals surface area contributed by atoms with E-state index in [1.807, 2.05) is 20.0 Å². The molecule has 0 saturated carbocycles. The fraction of sp³-hybridized carbons (Fsp3) is 0.524. The summed E-state index contributed by atoms with van der Waals surface area (Å²) in [7, 11) is 7.95. The molecule has 2 atom stereocenters. The highest BCUT2D eigenvalue weighted by molar-refractivity contribution is 14.0. The Morgan fingerprint density at radius 3 is 2.52 bits per heavy atom. The van der Waals surface area contributed by atoms with Gasteiger partial charge in [0.25, 0.3) is 0 Å². The van der Waals surface area contributed by atoms with Crippen molar-refractivity contribution in [2.45, 2.75) is 32.5 Å². The molecule has 0 amide bonds. The summed E-state index contributed by atoms with van der Waals surface area (Å²) in [6.45, 7) is 6.32. The SMILES string of the molecule is CCNC(=NCC(c1ccccc1)N(C)C)N(C)Cc1csc(C(C)OC)n1.I. The van der Waals surface area contributed by atoms with E-state index in [1.54, 1.807) is 18.4 Å². The minimum Gasteiger partial charge on any atom is -0.375 e. The van der Waals surface area contributed by atoms with Crippen molar-refractivity contribution in [3.05, 3.63) is 52.0 Å². The lowest BCUT2D eigenvalue weighted by Gasteiger charge is -2.25. The van der Waals surface area contributed by atoms with Gasteiger partial charge in [-0.05, 0) is 33.5 Å². The van der Waals surface area contributed by atoms with Crippen molar-refractivity contribution in [2.24, 2.45) is 4.99 Å². The summed E-state index contributed by atoms with van der Waals surface area (Å²) >= 11 is 1.64. The largest absolute Gasteiger partial charge is 0.375 e. The zero-order valence-electron chi connectivity index (χ0n) is 18.3. The van der Waals surface area contributed by atoms with Crippen LogP contribution in [0.5, 0.6) is 0 Å². The van der Waals surface area contributed by atoms with Gasteiger partial charge in [0.05, 0.1) is 24.8 Å². The third-order valence-corrected chi connectivity index (χ3v) is 5.64. The number of aromatic nitrogens is 1. The van der Waals surface area contributed by atoms with Crippen molar-refractivity contribution in [1.29, 1.82) is 0 Å². The molecule has 29 heavy (non-hydrogen) atoms. The summed E-state index contributed by atoms with van der Waals surface area (Å²) < 4.78 is 5.36. The molecule has 1 heterocycles. The van der Waals surface area contributed by atoms with Crippen LogP contribution >= 0.6 is 35.3 Å². The maximum Gasteiger partial charge on any atom is 0.194 e. The Balaban J connectivity index is 0.00000420. The normalized spacial score (nSPS) is 13.7. The van der Waals surface area contributed by atoms with Crippen LogP contribution in [0.2, 0.25) is 0 Å². The van der Waals surface area contributed by atoms with E-state index in [-0.39, 0.29) is 36.1 Å². The van der Waals surface area contributed by atoms with Gasteiger partial charge in [0.15, 0.2) is 5.96 Å². The van der Waals surface area contributed by atoms with Gasteiger partial charge in [0.2, 0.25) is 0 Å². The van der Waals surface area contributed by atoms with Crippen molar-refractivity contribution >= 4 is 41.3 Å². The predicted octanol–water partition coefficient (Wildman–Crippen LogP) is 4.17. The second-order valence-corrected chi connectivity index (χ2v) is 7.89. The quantitative estimate of drug-likeness (QED) is 0.299. The first kappa shape index (κ1) is 25.8. The van der Waals surface area contributed by atoms with Crippen molar-refractivity contribution in [3.8, 4) is 0 Å². The number of nitrogens with one attached hydrogen (secondary N) is 1. The van der Waals surface area contributed by atoms with Crippen LogP contribution in [0.25, 0.3) is 0 Å². The Labute approximate surface area is 196 Å². The number of halogens is 1. The van der Waals surface area contributed by atoms with E-state index in [4.69, 9.17) is 14.7 Å². The number of benzene rings is 1. The summed E-state index contributed by atoms with van der Waals surface area (Å²) in [5.74, 6) is 0.889. The zero-order valence-corrected chi connectivity index (χ0v) is 21.4. The molecule has 0 aliphatic carbocycles. The van der Waals surface area contributed by atoms with E-state index in [0.717, 1.165) is 23.2 Å². The van der Waals surface area contributed by atoms with Gasteiger partial charge in [-0.1, -0.05) is 30.3 Å². The molecule has 6 nitrogen and oxygen atoms in total. The molecule has 0 aliphatic heterocycles. The van der Waals surface area contributed by atoms with Gasteiger partial charge in [-0.15, -0.1) is 35.3 Å². The Bertz CT molecular complexity index is 738. The van der Waals surface area contributed by atoms with Gasteiger partial charge >= 0.3 is 0 Å². The number of rotatable bonds is 9. The molecule has 1 N–H and O–H groups in total. The molecule has 2 rings (SSSR count). The Morgan fingerprint density at radius 1 is 1.24 bits per heavy atom. The van der Waals surface area contributed by atoms with Crippen molar-refractivity contribution < 1.29 is 4.74 Å². The summed E-state index contributed by atoms with van der Waals surface area (Å²) in [6, 6.07) is 10.7. The lowest BCUT2D eigenvalue weighted by molar-refractivity contribution is 0.119. The van der Waals surface area contributed by atoms with Crippen LogP contribution in [0.15, 0.2) is 40.7 Å². The standard InChI is InChI=1S/C21H33N5OS.HI/c1-7-22-21(23-13-19(25(3)4)17-11-9-8-10-12-17)26(5)14-18-15-28-20(24-18)16(2)27-6;/h8-12,15-16,19H,7,13-14H2,1-6H3,(H,22,23);1H. The van der Waals surface area contributed by atoms with E-state index in [2.05, 4.69) is 65.8 Å². The predicted molar refractivity (Wildman–Crippen MR) is 133 cm³/mol. The fourth-order valence-electron chi connectivity index (χ4n) is 2.89. The monoisotopic (exact) mass is 531 g/mol. The van der Waals surface area contributed by atoms with Gasteiger partial charge in [-0.3, -0.25) is 4.99 Å². The molecule has 8 heteroatoms. The third-order valence-electron chi connectivity index (χ3n) is 4.59. The number of guanidine groups is 1. The highest BCUT2D eigenvalue weighted by Gasteiger charge is 2.16. The smallest absolute Gasteiger partial charge is 0.194 e. The highest BCUT2D eigenvalue weighted by Crippen LogP contribution is 2.21. The summed E-state index contributed by atoms with van der Waals surface area (Å²) in [4.78, 5) is 13.9. The first-order valence-corrected chi connectivity index (χ1v) is 10.5. The number of likely N-dealkylation sites (N-methyl/N-ethyl adjacent to an activating group) is 1. The second-order valence-electron chi connectivity index (χ2n) is 7.00. The number of hydrogen-bond donors (Lipinski definition) is 1. The summed E-state index contributed by atoms with van der Waals surface area (Å²) in [5.41, 5.74) is 2.30. The van der Waals surface area contributed by atoms with Crippen LogP contribution in [-0.4, -0.2) is 62.1 Å². The molecule has 2 unspecified atom stereocenters. The first-order valence-electron chi connectivity index (χ1n) is 9.64. The summed E-state index contributed by atoms with van der Waals surface area (Å²) in [5, 5.41) is 6.50. The second kappa shape index (κ2) is 13.1. The molecule has 1 aromatic heterocycles. The molecule has 0 spiro atoms. The van der Waals surface area contributed by atoms with Crippen molar-refractivity contribution in [1.82, 2.24) is 20.1 Å². The number of hydrogen-bond acceptors (Lipinski definition) is 5. The molecule has 0 fully saturated rings. The van der Waals surface area contributed by atoms with E-state index >= 15 is 0 Å². The lowest BCUT2D eigenvalue weighted by atomic mass is 10.1. The molecule has 0 aliphatic rings. The van der Waals surface area contributed by atoms with Crippen LogP contribution in [0.4, 0.5) is 0 Å². The Hall–Kier alpha value is -1.23. The molecule has 2 aromatic rings. The van der Waals surface area contributed by atoms with Crippen LogP contribution in [0.3, 0.4) is 0 Å². The van der Waals surface area contributed by atoms with Crippen molar-refractivity contribution in [3.63, 3.8) is 0 Å². The van der Waals surface area contributed by atoms with Crippen molar-refractivity contribution in [2.75, 3.05) is 41.3 Å². The van der Waals surface area contributed by atoms with E-state index in [1.165, 1.54) is 5.56 Å². The minimum absolute atomic E-state index is 0. The molecule has 0 radical (unpaired) electrons. The number of methoxy groups -OCH3 is 1. The van der Waals surface area contributed by atoms with Gasteiger partial charge in [0.1, 0.15) is 11.1 Å². The third kappa shape index (κ3) is 7.84. The maximum absolute atomic E-state index is 5.36. The number of thiazole rings is 1. The van der Waals surface area contributed by atoms with Gasteiger partial charge < -0.3 is 19.9 Å². The first-order chi connectivity index (χ1) is 13.5. The van der Waals surface area contributed by atoms with Crippen LogP contribution in [-0.2, 0) is 11.3 Å². The van der Waals surface area contributed by atoms with E-state index < -0.39 is 0 Å². The molecule has 0 saturated heterocycles. The maximum atomic E-state index is 5.36. The number of aliphatic imine (C=N–C) groups is 1. The topological polar surface area (TPSA) is 53.0 Å². The highest BCUT2D eigenvalue weighted by atomic mass is 127. The van der Waals surface area contributed by atoms with Gasteiger partial charge in [0, 0.05) is 26.1 Å². The summed E-state index contributed by atoms with van der Waals surface area (Å²) in [6.07, 6.45) is 0.0256. The van der Waals surface area contributed by atoms with Crippen LogP contribution in [0.1, 0.15) is 42.3 Å². The number of ether oxygens (including phenoxy) is 1. The Kier molecular flexibility index (Phi) is 11.7. The van der Waals surface area contributed by atoms with E-state index in [9.17, 15) is 0 Å². The van der Waals surface area contributed by atoms with Crippen LogP contribution < -0.4 is 5.32 Å². The molecule has 1 aromatic carbocycles. The molecule has 162 valence electrons. The number of nitrogens with zero attached hydrogens (tertiary/aromatic N) is 4. The molecule has 0 bridgehead atoms. The fourth-order valence-corrected chi connectivity index (χ4v) is 3.73. The van der Waals surface area contributed by atoms with Gasteiger partial charge in [-0.2, -0.15) is 0 Å². The lowest BCUT2D eigenvalue weighted by Crippen LogP contribution is -2.39. The molecular weight excluding hydrogens is 497 g/mol. The minimum atomic E-state index is 0. The average molecular weight is 532 g/mol. The molecular formula is C21H34IN5OS. The Morgan fingerprint density at radius 2 is 1.93 bits per heavy atom. The zero-order chi connectivity index (χ0) is 20.5. The van der Waals surface area contributed by atoms with Gasteiger partial charge in [-0.25, -0.2) is 4.98 Å². The van der Waals surface area contributed by atoms with E-state index in [0.29, 0.717) is 13.1 Å².